The molecule has 0 bridgehead atoms. The fourth-order valence-corrected chi connectivity index (χ4v) is 0.747. The molecular weight excluding hydrogens is 340 g/mol. The van der Waals surface area contributed by atoms with Crippen molar-refractivity contribution in [2.24, 2.45) is 0 Å². The molecule has 0 aromatic rings. The average Bonchev–Trinajstić information content (AvgIpc) is 2.53. The molecule has 2 nitrogen and oxygen atoms in total. The molecule has 0 aromatic heterocycles. The van der Waals surface area contributed by atoms with Crippen molar-refractivity contribution in [2.45, 2.75) is 31.1 Å². The largest absolute Gasteiger partial charge is 0.495 e. The zero-order valence-corrected chi connectivity index (χ0v) is 12.7. The Balaban J connectivity index is -0.000000324. The molecule has 0 amide bonds. The topological polar surface area (TPSA) is 18.5 Å². The van der Waals surface area contributed by atoms with Gasteiger partial charge in [0, 0.05) is 6.42 Å². The van der Waals surface area contributed by atoms with E-state index in [1.165, 1.54) is 0 Å². The van der Waals surface area contributed by atoms with E-state index in [4.69, 9.17) is 0 Å². The van der Waals surface area contributed by atoms with E-state index in [1.807, 2.05) is 0 Å². The minimum atomic E-state index is -4.13. The van der Waals surface area contributed by atoms with Crippen molar-refractivity contribution in [3.8, 4) is 0 Å². The first-order valence-corrected chi connectivity index (χ1v) is 6.02. The molecule has 0 unspecified atom stereocenters. The van der Waals surface area contributed by atoms with Gasteiger partial charge in [-0.25, -0.2) is 4.39 Å². The Morgan fingerprint density at radius 3 is 1.52 bits per heavy atom. The van der Waals surface area contributed by atoms with Gasteiger partial charge in [-0.2, -0.15) is 26.3 Å². The Labute approximate surface area is 129 Å². The summed E-state index contributed by atoms with van der Waals surface area (Å²) in [5.74, 6) is -11.5. The van der Waals surface area contributed by atoms with Gasteiger partial charge in [0.2, 0.25) is 0 Å². The minimum absolute atomic E-state index is 0.500. The van der Waals surface area contributed by atoms with Crippen LogP contribution in [0.15, 0.2) is 25.7 Å². The van der Waals surface area contributed by atoms with E-state index in [0.29, 0.717) is 13.4 Å². The van der Waals surface area contributed by atoms with Crippen molar-refractivity contribution in [2.75, 3.05) is 27.1 Å². The summed E-state index contributed by atoms with van der Waals surface area (Å²) in [5.41, 5.74) is 0. The molecular formula is C13H20F8O2. The van der Waals surface area contributed by atoms with Crippen LogP contribution in [0.3, 0.4) is 0 Å². The lowest BCUT2D eigenvalue weighted by Crippen LogP contribution is -2.43. The van der Waals surface area contributed by atoms with Gasteiger partial charge < -0.3 is 9.47 Å². The highest BCUT2D eigenvalue weighted by molar-refractivity contribution is 4.83. The summed E-state index contributed by atoms with van der Waals surface area (Å²) in [7, 11) is 0.500. The monoisotopic (exact) mass is 360 g/mol. The van der Waals surface area contributed by atoms with Crippen LogP contribution in [-0.4, -0.2) is 44.8 Å². The van der Waals surface area contributed by atoms with Gasteiger partial charge in [0.25, 0.3) is 0 Å². The predicted octanol–water partition coefficient (Wildman–Crippen LogP) is 5.16. The van der Waals surface area contributed by atoms with Crippen LogP contribution in [0, 0.1) is 0 Å². The molecule has 10 heteroatoms. The molecule has 0 aliphatic carbocycles. The van der Waals surface area contributed by atoms with Crippen LogP contribution >= 0.6 is 0 Å². The molecule has 0 saturated heterocycles. The molecule has 0 rings (SSSR count). The van der Waals surface area contributed by atoms with Crippen molar-refractivity contribution in [1.29, 1.82) is 0 Å². The number of halogens is 8. The van der Waals surface area contributed by atoms with E-state index >= 15 is 0 Å². The van der Waals surface area contributed by atoms with Gasteiger partial charge in [-0.3, -0.25) is 4.39 Å². The first-order valence-electron chi connectivity index (χ1n) is 6.02. The van der Waals surface area contributed by atoms with Crippen molar-refractivity contribution in [1.82, 2.24) is 0 Å². The van der Waals surface area contributed by atoms with Crippen LogP contribution in [0.4, 0.5) is 35.1 Å². The van der Waals surface area contributed by atoms with Gasteiger partial charge in [-0.15, -0.1) is 0 Å². The minimum Gasteiger partial charge on any atom is -0.495 e. The van der Waals surface area contributed by atoms with Crippen LogP contribution in [-0.2, 0) is 9.47 Å². The Hall–Kier alpha value is -1.48. The summed E-state index contributed by atoms with van der Waals surface area (Å²) in [6, 6.07) is 0. The fourth-order valence-electron chi connectivity index (χ4n) is 0.747. The molecule has 23 heavy (non-hydrogen) atoms. The van der Waals surface area contributed by atoms with Gasteiger partial charge >= 0.3 is 17.8 Å². The predicted molar refractivity (Wildman–Crippen MR) is 70.4 cm³/mol. The molecule has 0 aliphatic heterocycles. The first kappa shape index (κ1) is 26.4. The van der Waals surface area contributed by atoms with E-state index < -0.39 is 44.1 Å². The maximum absolute atomic E-state index is 12.5. The highest BCUT2D eigenvalue weighted by atomic mass is 19.3. The van der Waals surface area contributed by atoms with Gasteiger partial charge in [-0.1, -0.05) is 20.1 Å². The van der Waals surface area contributed by atoms with Crippen molar-refractivity contribution in [3.63, 3.8) is 0 Å². The summed E-state index contributed by atoms with van der Waals surface area (Å²) < 4.78 is 102. The summed E-state index contributed by atoms with van der Waals surface area (Å²) in [6.45, 7) is 3.01. The van der Waals surface area contributed by atoms with E-state index in [1.54, 1.807) is 0 Å². The standard InChI is InChI=1S/C7H10F4O.C5H7F3O.CH3F/c1-3-6(8,9)7(10,11)5-12-4-2;1-2-9-4-5(7,8)3-6;1-2/h4H,2-3,5H2,1H3;2H,1,3-4H2;1H3. The maximum atomic E-state index is 12.5. The number of ether oxygens (including phenoxy) is 2. The van der Waals surface area contributed by atoms with Crippen LogP contribution in [0.25, 0.3) is 0 Å². The highest BCUT2D eigenvalue weighted by Gasteiger charge is 2.55. The molecule has 0 fully saturated rings. The lowest BCUT2D eigenvalue weighted by atomic mass is 10.1. The third-order valence-corrected chi connectivity index (χ3v) is 1.97. The van der Waals surface area contributed by atoms with E-state index in [-0.39, 0.29) is 0 Å². The Morgan fingerprint density at radius 2 is 1.22 bits per heavy atom. The molecule has 140 valence electrons. The van der Waals surface area contributed by atoms with Crippen LogP contribution in [0.5, 0.6) is 0 Å². The lowest BCUT2D eigenvalue weighted by Gasteiger charge is -2.24. The summed E-state index contributed by atoms with van der Waals surface area (Å²) in [4.78, 5) is 0. The van der Waals surface area contributed by atoms with E-state index in [0.717, 1.165) is 13.2 Å². The SMILES string of the molecule is C=COCC(F)(F)C(F)(F)CC.C=COCC(F)(F)CF.CF. The molecule has 0 N–H and O–H groups in total. The first-order chi connectivity index (χ1) is 10.5. The Kier molecular flexibility index (Phi) is 14.9. The van der Waals surface area contributed by atoms with Gasteiger partial charge in [0.1, 0.15) is 0 Å². The number of rotatable bonds is 9. The lowest BCUT2D eigenvalue weighted by molar-refractivity contribution is -0.226. The van der Waals surface area contributed by atoms with Gasteiger partial charge in [-0.05, 0) is 0 Å². The zero-order valence-electron chi connectivity index (χ0n) is 12.7. The van der Waals surface area contributed by atoms with Crippen molar-refractivity contribution >= 4 is 0 Å². The van der Waals surface area contributed by atoms with Gasteiger partial charge in [0.05, 0.1) is 19.7 Å². The number of hydrogen-bond donors (Lipinski definition) is 0. The van der Waals surface area contributed by atoms with Crippen LogP contribution in [0.1, 0.15) is 13.3 Å². The zero-order chi connectivity index (χ0) is 19.2. The molecule has 0 saturated carbocycles. The molecule has 0 heterocycles. The Bertz CT molecular complexity index is 308. The normalized spacial score (nSPS) is 11.2. The van der Waals surface area contributed by atoms with Crippen molar-refractivity contribution < 1.29 is 44.6 Å². The molecule has 0 spiro atoms. The van der Waals surface area contributed by atoms with Crippen LogP contribution in [0.2, 0.25) is 0 Å². The Morgan fingerprint density at radius 1 is 0.826 bits per heavy atom. The van der Waals surface area contributed by atoms with Crippen LogP contribution < -0.4 is 0 Å². The third-order valence-electron chi connectivity index (χ3n) is 1.97. The quantitative estimate of drug-likeness (QED) is 0.417. The highest BCUT2D eigenvalue weighted by Crippen LogP contribution is 2.36. The number of hydrogen-bond acceptors (Lipinski definition) is 2. The summed E-state index contributed by atoms with van der Waals surface area (Å²) in [5, 5.41) is 0. The van der Waals surface area contributed by atoms with Crippen molar-refractivity contribution in [3.05, 3.63) is 25.7 Å². The van der Waals surface area contributed by atoms with Gasteiger partial charge in [0.15, 0.2) is 19.9 Å². The second kappa shape index (κ2) is 13.0. The second-order valence-electron chi connectivity index (χ2n) is 3.71. The fraction of sp³-hybridized carbons (Fsp3) is 0.692. The molecule has 0 radical (unpaired) electrons. The summed E-state index contributed by atoms with van der Waals surface area (Å²) >= 11 is 0. The summed E-state index contributed by atoms with van der Waals surface area (Å²) in [6.07, 6.45) is 0.643. The van der Waals surface area contributed by atoms with E-state index in [2.05, 4.69) is 22.6 Å². The maximum Gasteiger partial charge on any atom is 0.343 e. The molecule has 0 atom stereocenters. The smallest absolute Gasteiger partial charge is 0.343 e. The second-order valence-corrected chi connectivity index (χ2v) is 3.71. The molecule has 0 aliphatic rings. The average molecular weight is 360 g/mol. The number of alkyl halides is 8. The van der Waals surface area contributed by atoms with E-state index in [9.17, 15) is 35.1 Å². The third kappa shape index (κ3) is 12.7. The molecule has 0 aromatic carbocycles.